The summed E-state index contributed by atoms with van der Waals surface area (Å²) in [6.45, 7) is 15.4. The minimum absolute atomic E-state index is 0.0912. The van der Waals surface area contributed by atoms with Gasteiger partial charge in [0.1, 0.15) is 42.3 Å². The van der Waals surface area contributed by atoms with E-state index in [0.29, 0.717) is 35.2 Å². The number of methoxy groups -OCH3 is 4. The summed E-state index contributed by atoms with van der Waals surface area (Å²) in [7, 11) is 5.68. The number of carboxylic acid groups (broad SMARTS) is 1. The highest BCUT2D eigenvalue weighted by Gasteiger charge is 2.24. The first kappa shape index (κ1) is 51.8. The molecule has 4 aromatic rings. The summed E-state index contributed by atoms with van der Waals surface area (Å²) in [5, 5.41) is 11.3. The Bertz CT molecular complexity index is 2140. The zero-order valence-corrected chi connectivity index (χ0v) is 36.0. The first-order chi connectivity index (χ1) is 30.3. The standard InChI is InChI=1S/C24H27NO6.C16H17NO2.C8H12O5/c1-5-11-30-22(15-23(26)29-4)24(27)25-20-9-7-8-10-21(20)31-16-18-12-17(6-2)13-19(14-18)28-3;1-3-12-8-13(10-14(9-12)18-2)11-19-16-7-5-4-6-15(16)17;1-3-4-13-6(8(10)11)5-7(9)12-2/h5-10,12-14,22H,1-2,11,15-16H2,3-4H3,(H,25,27);3-10H,1,11,17H2,2H3;3,6H,1,4-5H2,2H3,(H,10,11). The van der Waals surface area contributed by atoms with E-state index in [-0.39, 0.29) is 32.7 Å². The number of nitrogens with two attached hydrogens (primary N) is 1. The first-order valence-corrected chi connectivity index (χ1v) is 19.3. The summed E-state index contributed by atoms with van der Waals surface area (Å²) in [6, 6.07) is 26.0. The van der Waals surface area contributed by atoms with E-state index >= 15 is 0 Å². The monoisotopic (exact) mass is 868 g/mol. The van der Waals surface area contributed by atoms with E-state index in [1.807, 2.05) is 60.7 Å². The van der Waals surface area contributed by atoms with Crippen LogP contribution in [-0.2, 0) is 51.3 Å². The van der Waals surface area contributed by atoms with Gasteiger partial charge in [0.05, 0.1) is 65.9 Å². The van der Waals surface area contributed by atoms with Crippen molar-refractivity contribution in [3.63, 3.8) is 0 Å². The molecule has 0 aliphatic carbocycles. The lowest BCUT2D eigenvalue weighted by Crippen LogP contribution is -2.33. The number of hydrogen-bond donors (Lipinski definition) is 3. The van der Waals surface area contributed by atoms with Crippen molar-refractivity contribution in [3.05, 3.63) is 146 Å². The molecule has 0 spiro atoms. The van der Waals surface area contributed by atoms with E-state index in [4.69, 9.17) is 39.3 Å². The van der Waals surface area contributed by atoms with E-state index in [0.717, 1.165) is 28.0 Å². The van der Waals surface area contributed by atoms with Crippen molar-refractivity contribution in [1.82, 2.24) is 0 Å². The Morgan fingerprint density at radius 2 is 1.11 bits per heavy atom. The number of rotatable bonds is 23. The first-order valence-electron chi connectivity index (χ1n) is 19.3. The number of para-hydroxylation sites is 4. The number of carbonyl (C=O) groups is 4. The molecule has 0 fully saturated rings. The minimum atomic E-state index is -1.19. The summed E-state index contributed by atoms with van der Waals surface area (Å²) in [6.07, 6.45) is 3.73. The third kappa shape index (κ3) is 19.3. The number of anilines is 2. The van der Waals surface area contributed by atoms with Crippen molar-refractivity contribution in [3.8, 4) is 23.0 Å². The van der Waals surface area contributed by atoms with Crippen LogP contribution in [0.2, 0.25) is 0 Å². The lowest BCUT2D eigenvalue weighted by atomic mass is 10.1. The van der Waals surface area contributed by atoms with Crippen LogP contribution < -0.4 is 30.0 Å². The third-order valence-electron chi connectivity index (χ3n) is 8.33. The van der Waals surface area contributed by atoms with E-state index in [2.05, 4.69) is 41.1 Å². The van der Waals surface area contributed by atoms with Gasteiger partial charge in [0.2, 0.25) is 0 Å². The summed E-state index contributed by atoms with van der Waals surface area (Å²) in [5.41, 5.74) is 10.7. The number of carboxylic acids is 1. The Kier molecular flexibility index (Phi) is 23.8. The van der Waals surface area contributed by atoms with Gasteiger partial charge in [-0.05, 0) is 82.9 Å². The van der Waals surface area contributed by atoms with Crippen LogP contribution in [0.25, 0.3) is 12.2 Å². The van der Waals surface area contributed by atoms with Crippen molar-refractivity contribution >= 4 is 47.3 Å². The molecule has 0 aromatic heterocycles. The molecular formula is C48H56N2O13. The van der Waals surface area contributed by atoms with E-state index in [1.165, 1.54) is 26.4 Å². The second kappa shape index (κ2) is 29.0. The molecular weight excluding hydrogens is 813 g/mol. The van der Waals surface area contributed by atoms with E-state index < -0.39 is 36.0 Å². The maximum atomic E-state index is 12.7. The van der Waals surface area contributed by atoms with Crippen LogP contribution in [0.3, 0.4) is 0 Å². The second-order valence-electron chi connectivity index (χ2n) is 12.9. The maximum Gasteiger partial charge on any atom is 0.333 e. The number of nitrogen functional groups attached to an aromatic ring is 1. The lowest BCUT2D eigenvalue weighted by Gasteiger charge is -2.18. The predicted octanol–water partition coefficient (Wildman–Crippen LogP) is 7.69. The Hall–Kier alpha value is -7.36. The summed E-state index contributed by atoms with van der Waals surface area (Å²) < 4.78 is 41.4. The number of hydrogen-bond acceptors (Lipinski definition) is 13. The van der Waals surface area contributed by atoms with Gasteiger partial charge in [0.15, 0.2) is 6.10 Å². The quantitative estimate of drug-likeness (QED) is 0.0372. The van der Waals surface area contributed by atoms with Crippen molar-refractivity contribution in [2.75, 3.05) is 52.7 Å². The molecule has 0 aliphatic heterocycles. The zero-order valence-electron chi connectivity index (χ0n) is 36.0. The molecule has 0 bridgehead atoms. The predicted molar refractivity (Wildman–Crippen MR) is 242 cm³/mol. The van der Waals surface area contributed by atoms with Gasteiger partial charge >= 0.3 is 17.9 Å². The molecule has 63 heavy (non-hydrogen) atoms. The van der Waals surface area contributed by atoms with Gasteiger partial charge in [0.25, 0.3) is 5.91 Å². The van der Waals surface area contributed by atoms with Crippen molar-refractivity contribution in [2.24, 2.45) is 0 Å². The van der Waals surface area contributed by atoms with Crippen LogP contribution in [0.4, 0.5) is 11.4 Å². The van der Waals surface area contributed by atoms with Gasteiger partial charge in [-0.25, -0.2) is 4.79 Å². The van der Waals surface area contributed by atoms with Gasteiger partial charge in [-0.2, -0.15) is 0 Å². The van der Waals surface area contributed by atoms with Crippen LogP contribution in [0.1, 0.15) is 35.1 Å². The van der Waals surface area contributed by atoms with Gasteiger partial charge in [-0.3, -0.25) is 14.4 Å². The maximum absolute atomic E-state index is 12.7. The van der Waals surface area contributed by atoms with Crippen LogP contribution in [0, 0.1) is 0 Å². The number of benzene rings is 4. The highest BCUT2D eigenvalue weighted by atomic mass is 16.5. The van der Waals surface area contributed by atoms with E-state index in [1.54, 1.807) is 50.6 Å². The number of esters is 2. The Labute approximate surface area is 368 Å². The number of aliphatic carboxylic acids is 1. The molecule has 4 rings (SSSR count). The van der Waals surface area contributed by atoms with Crippen molar-refractivity contribution < 1.29 is 62.2 Å². The highest BCUT2D eigenvalue weighted by molar-refractivity contribution is 5.97. The van der Waals surface area contributed by atoms with E-state index in [9.17, 15) is 19.2 Å². The Balaban J connectivity index is 0.000000362. The molecule has 336 valence electrons. The molecule has 2 atom stereocenters. The molecule has 1 amide bonds. The highest BCUT2D eigenvalue weighted by Crippen LogP contribution is 2.27. The molecule has 2 unspecified atom stereocenters. The lowest BCUT2D eigenvalue weighted by molar-refractivity contribution is -0.157. The molecule has 15 heteroatoms. The molecule has 0 heterocycles. The third-order valence-corrected chi connectivity index (χ3v) is 8.33. The van der Waals surface area contributed by atoms with Crippen molar-refractivity contribution in [2.45, 2.75) is 38.3 Å². The number of nitrogens with one attached hydrogen (secondary N) is 1. The molecule has 4 aromatic carbocycles. The molecule has 0 saturated heterocycles. The SMILES string of the molecule is C=CCOC(CC(=O)OC)C(=O)Nc1ccccc1OCc1cc(C=C)cc(OC)c1.C=CCOC(CC(=O)OC)C(=O)O.C=Cc1cc(COc2ccccc2N)cc(OC)c1. The minimum Gasteiger partial charge on any atom is -0.497 e. The summed E-state index contributed by atoms with van der Waals surface area (Å²) in [4.78, 5) is 45.5. The van der Waals surface area contributed by atoms with Gasteiger partial charge in [-0.15, -0.1) is 13.2 Å². The molecule has 0 aliphatic rings. The van der Waals surface area contributed by atoms with Crippen LogP contribution >= 0.6 is 0 Å². The number of ether oxygens (including phenoxy) is 8. The normalized spacial score (nSPS) is 10.9. The molecule has 15 nitrogen and oxygen atoms in total. The van der Waals surface area contributed by atoms with Gasteiger partial charge < -0.3 is 54.1 Å². The van der Waals surface area contributed by atoms with Gasteiger partial charge in [-0.1, -0.05) is 61.7 Å². The van der Waals surface area contributed by atoms with Crippen LogP contribution in [0.15, 0.2) is 123 Å². The van der Waals surface area contributed by atoms with Crippen molar-refractivity contribution in [1.29, 1.82) is 0 Å². The summed E-state index contributed by atoms with van der Waals surface area (Å²) in [5.74, 6) is -0.198. The van der Waals surface area contributed by atoms with Gasteiger partial charge in [0, 0.05) is 0 Å². The number of carbonyl (C=O) groups excluding carboxylic acids is 3. The molecule has 0 radical (unpaired) electrons. The topological polar surface area (TPSA) is 200 Å². The fourth-order valence-corrected chi connectivity index (χ4v) is 5.14. The Morgan fingerprint density at radius 1 is 0.651 bits per heavy atom. The number of amides is 1. The second-order valence-corrected chi connectivity index (χ2v) is 12.9. The summed E-state index contributed by atoms with van der Waals surface area (Å²) >= 11 is 0. The van der Waals surface area contributed by atoms with Crippen LogP contribution in [-0.4, -0.2) is 82.8 Å². The fraction of sp³-hybridized carbons (Fsp3) is 0.250. The molecule has 4 N–H and O–H groups in total. The van der Waals surface area contributed by atoms with Crippen LogP contribution in [0.5, 0.6) is 23.0 Å². The zero-order chi connectivity index (χ0) is 46.6. The Morgan fingerprint density at radius 3 is 1.57 bits per heavy atom. The average Bonchev–Trinajstić information content (AvgIpc) is 3.30. The fourth-order valence-electron chi connectivity index (χ4n) is 5.14. The smallest absolute Gasteiger partial charge is 0.333 e. The average molecular weight is 869 g/mol. The largest absolute Gasteiger partial charge is 0.497 e. The molecule has 0 saturated carbocycles.